The number of carbonyl (C=O) groups excluding carboxylic acids is 1. The van der Waals surface area contributed by atoms with Crippen molar-refractivity contribution in [2.75, 3.05) is 5.32 Å². The van der Waals surface area contributed by atoms with Crippen LogP contribution in [0.1, 0.15) is 36.8 Å². The summed E-state index contributed by atoms with van der Waals surface area (Å²) in [6, 6.07) is 10.4. The highest BCUT2D eigenvalue weighted by atomic mass is 16.4. The zero-order valence-corrected chi connectivity index (χ0v) is 13.4. The Hall–Kier alpha value is -2.69. The first-order chi connectivity index (χ1) is 11.6. The molecule has 1 amide bonds. The minimum absolute atomic E-state index is 0.00658. The van der Waals surface area contributed by atoms with E-state index < -0.39 is 5.97 Å². The van der Waals surface area contributed by atoms with Crippen LogP contribution in [0.4, 0.5) is 5.82 Å². The maximum absolute atomic E-state index is 11.4. The second kappa shape index (κ2) is 7.25. The van der Waals surface area contributed by atoms with Crippen LogP contribution in [0.25, 0.3) is 11.1 Å². The first-order valence-electron chi connectivity index (χ1n) is 8.22. The van der Waals surface area contributed by atoms with Gasteiger partial charge in [0.2, 0.25) is 5.91 Å². The maximum Gasteiger partial charge on any atom is 0.303 e. The predicted molar refractivity (Wildman–Crippen MR) is 91.8 cm³/mol. The van der Waals surface area contributed by atoms with Gasteiger partial charge < -0.3 is 10.4 Å². The summed E-state index contributed by atoms with van der Waals surface area (Å²) in [4.78, 5) is 26.2. The molecule has 1 aromatic heterocycles. The monoisotopic (exact) mass is 324 g/mol. The zero-order chi connectivity index (χ0) is 16.9. The van der Waals surface area contributed by atoms with E-state index in [-0.39, 0.29) is 12.3 Å². The fraction of sp³-hybridized carbons (Fsp3) is 0.316. The van der Waals surface area contributed by atoms with Crippen LogP contribution < -0.4 is 5.32 Å². The molecule has 0 spiro atoms. The SMILES string of the molecule is O=C(O)CCCCCc1ccc(-c2cnc3c(c2)CC(=O)N3)cc1. The topological polar surface area (TPSA) is 79.3 Å². The normalized spacial score (nSPS) is 12.8. The van der Waals surface area contributed by atoms with E-state index in [1.165, 1.54) is 5.56 Å². The molecule has 2 heterocycles. The van der Waals surface area contributed by atoms with Crippen molar-refractivity contribution in [1.29, 1.82) is 0 Å². The number of amides is 1. The number of carbonyl (C=O) groups is 2. The highest BCUT2D eigenvalue weighted by Gasteiger charge is 2.19. The van der Waals surface area contributed by atoms with Gasteiger partial charge in [0.05, 0.1) is 6.42 Å². The number of unbranched alkanes of at least 4 members (excludes halogenated alkanes) is 2. The summed E-state index contributed by atoms with van der Waals surface area (Å²) >= 11 is 0. The van der Waals surface area contributed by atoms with Crippen molar-refractivity contribution >= 4 is 17.7 Å². The molecule has 1 aliphatic heterocycles. The third kappa shape index (κ3) is 3.98. The summed E-state index contributed by atoms with van der Waals surface area (Å²) in [7, 11) is 0. The van der Waals surface area contributed by atoms with Crippen molar-refractivity contribution in [3.8, 4) is 11.1 Å². The Labute approximate surface area is 140 Å². The van der Waals surface area contributed by atoms with Crippen molar-refractivity contribution in [2.45, 2.75) is 38.5 Å². The number of hydrogen-bond acceptors (Lipinski definition) is 3. The number of hydrogen-bond donors (Lipinski definition) is 2. The van der Waals surface area contributed by atoms with E-state index in [0.717, 1.165) is 42.4 Å². The lowest BCUT2D eigenvalue weighted by molar-refractivity contribution is -0.137. The van der Waals surface area contributed by atoms with Gasteiger partial charge >= 0.3 is 5.97 Å². The molecule has 124 valence electrons. The van der Waals surface area contributed by atoms with Gasteiger partial charge in [0.15, 0.2) is 0 Å². The smallest absolute Gasteiger partial charge is 0.303 e. The second-order valence-corrected chi connectivity index (χ2v) is 6.11. The van der Waals surface area contributed by atoms with E-state index in [9.17, 15) is 9.59 Å². The highest BCUT2D eigenvalue weighted by Crippen LogP contribution is 2.27. The Balaban J connectivity index is 1.58. The highest BCUT2D eigenvalue weighted by molar-refractivity contribution is 5.98. The molecule has 0 saturated heterocycles. The Morgan fingerprint density at radius 2 is 1.92 bits per heavy atom. The number of anilines is 1. The number of nitrogens with zero attached hydrogens (tertiary/aromatic N) is 1. The summed E-state index contributed by atoms with van der Waals surface area (Å²) in [5, 5.41) is 11.4. The minimum Gasteiger partial charge on any atom is -0.481 e. The zero-order valence-electron chi connectivity index (χ0n) is 13.4. The molecule has 24 heavy (non-hydrogen) atoms. The van der Waals surface area contributed by atoms with Crippen molar-refractivity contribution in [2.24, 2.45) is 0 Å². The van der Waals surface area contributed by atoms with Crippen LogP contribution in [-0.4, -0.2) is 22.0 Å². The van der Waals surface area contributed by atoms with Gasteiger partial charge in [-0.3, -0.25) is 9.59 Å². The minimum atomic E-state index is -0.723. The molecule has 1 aliphatic rings. The fourth-order valence-corrected chi connectivity index (χ4v) is 2.91. The van der Waals surface area contributed by atoms with E-state index in [2.05, 4.69) is 34.6 Å². The van der Waals surface area contributed by atoms with E-state index in [1.54, 1.807) is 6.20 Å². The largest absolute Gasteiger partial charge is 0.481 e. The van der Waals surface area contributed by atoms with Gasteiger partial charge in [-0.15, -0.1) is 0 Å². The molecule has 3 rings (SSSR count). The number of aryl methyl sites for hydroxylation is 1. The van der Waals surface area contributed by atoms with Crippen molar-refractivity contribution in [3.05, 3.63) is 47.7 Å². The second-order valence-electron chi connectivity index (χ2n) is 6.11. The summed E-state index contributed by atoms with van der Waals surface area (Å²) in [6.45, 7) is 0. The molecule has 0 bridgehead atoms. The number of rotatable bonds is 7. The number of nitrogens with one attached hydrogen (secondary N) is 1. The van der Waals surface area contributed by atoms with E-state index in [1.807, 2.05) is 6.07 Å². The van der Waals surface area contributed by atoms with Gasteiger partial charge in [0, 0.05) is 23.7 Å². The molecule has 0 saturated carbocycles. The number of carboxylic acid groups (broad SMARTS) is 1. The van der Waals surface area contributed by atoms with E-state index >= 15 is 0 Å². The van der Waals surface area contributed by atoms with Crippen LogP contribution in [0.15, 0.2) is 36.5 Å². The number of aliphatic carboxylic acids is 1. The van der Waals surface area contributed by atoms with Crippen LogP contribution in [0.3, 0.4) is 0 Å². The molecule has 0 radical (unpaired) electrons. The van der Waals surface area contributed by atoms with Crippen molar-refractivity contribution in [3.63, 3.8) is 0 Å². The van der Waals surface area contributed by atoms with Gasteiger partial charge in [0.25, 0.3) is 0 Å². The average Bonchev–Trinajstić information content (AvgIpc) is 2.94. The van der Waals surface area contributed by atoms with Crippen molar-refractivity contribution in [1.82, 2.24) is 4.98 Å². The molecule has 2 aromatic rings. The van der Waals surface area contributed by atoms with Crippen molar-refractivity contribution < 1.29 is 14.7 Å². The standard InChI is InChI=1S/C19H20N2O3/c22-17-11-15-10-16(12-20-19(15)21-17)14-8-6-13(7-9-14)4-2-1-3-5-18(23)24/h6-10,12H,1-5,11H2,(H,23,24)(H,20,21,22). The maximum atomic E-state index is 11.4. The van der Waals surface area contributed by atoms with Crippen LogP contribution in [0.5, 0.6) is 0 Å². The molecule has 5 nitrogen and oxygen atoms in total. The van der Waals surface area contributed by atoms with Crippen LogP contribution in [0, 0.1) is 0 Å². The summed E-state index contributed by atoms with van der Waals surface area (Å²) in [5.74, 6) is -0.0613. The summed E-state index contributed by atoms with van der Waals surface area (Å²) < 4.78 is 0. The van der Waals surface area contributed by atoms with Crippen LogP contribution in [-0.2, 0) is 22.4 Å². The third-order valence-corrected chi connectivity index (χ3v) is 4.22. The van der Waals surface area contributed by atoms with Gasteiger partial charge in [-0.1, -0.05) is 30.7 Å². The Morgan fingerprint density at radius 3 is 2.67 bits per heavy atom. The van der Waals surface area contributed by atoms with E-state index in [0.29, 0.717) is 12.2 Å². The van der Waals surface area contributed by atoms with E-state index in [4.69, 9.17) is 5.11 Å². The molecule has 5 heteroatoms. The van der Waals surface area contributed by atoms with Crippen LogP contribution in [0.2, 0.25) is 0 Å². The Morgan fingerprint density at radius 1 is 1.12 bits per heavy atom. The van der Waals surface area contributed by atoms with Gasteiger partial charge in [-0.25, -0.2) is 4.98 Å². The molecule has 0 unspecified atom stereocenters. The van der Waals surface area contributed by atoms with Gasteiger partial charge in [0.1, 0.15) is 5.82 Å². The molecule has 1 aromatic carbocycles. The average molecular weight is 324 g/mol. The lowest BCUT2D eigenvalue weighted by Gasteiger charge is -2.06. The molecule has 0 fully saturated rings. The Kier molecular flexibility index (Phi) is 4.89. The number of carboxylic acids is 1. The lowest BCUT2D eigenvalue weighted by atomic mass is 10.0. The first kappa shape index (κ1) is 16.2. The number of benzene rings is 1. The molecule has 0 atom stereocenters. The predicted octanol–water partition coefficient (Wildman–Crippen LogP) is 3.43. The first-order valence-corrected chi connectivity index (χ1v) is 8.22. The quantitative estimate of drug-likeness (QED) is 0.765. The molecule has 0 aliphatic carbocycles. The summed E-state index contributed by atoms with van der Waals surface area (Å²) in [6.07, 6.45) is 6.06. The molecule has 2 N–H and O–H groups in total. The van der Waals surface area contributed by atoms with Gasteiger partial charge in [-0.05, 0) is 36.5 Å². The van der Waals surface area contributed by atoms with Gasteiger partial charge in [-0.2, -0.15) is 0 Å². The fourth-order valence-electron chi connectivity index (χ4n) is 2.91. The number of aromatic nitrogens is 1. The lowest BCUT2D eigenvalue weighted by Crippen LogP contribution is -2.04. The third-order valence-electron chi connectivity index (χ3n) is 4.22. The number of pyridine rings is 1. The van der Waals surface area contributed by atoms with Crippen LogP contribution >= 0.6 is 0 Å². The summed E-state index contributed by atoms with van der Waals surface area (Å²) in [5.41, 5.74) is 4.29. The number of fused-ring (bicyclic) bond motifs is 1. The molecular formula is C19H20N2O3. The Bertz CT molecular complexity index is 754. The molecular weight excluding hydrogens is 304 g/mol.